The van der Waals surface area contributed by atoms with E-state index >= 15 is 0 Å². The van der Waals surface area contributed by atoms with Crippen LogP contribution in [-0.2, 0) is 11.2 Å². The highest BCUT2D eigenvalue weighted by Gasteiger charge is 2.29. The van der Waals surface area contributed by atoms with Gasteiger partial charge in [-0.25, -0.2) is 0 Å². The summed E-state index contributed by atoms with van der Waals surface area (Å²) in [7, 11) is 3.60. The molecule has 1 aliphatic heterocycles. The molecule has 6 heteroatoms. The van der Waals surface area contributed by atoms with E-state index in [0.29, 0.717) is 22.5 Å². The molecule has 0 aliphatic carbocycles. The normalized spacial score (nSPS) is 14.7. The first-order valence-electron chi connectivity index (χ1n) is 5.63. The highest BCUT2D eigenvalue weighted by Crippen LogP contribution is 2.22. The van der Waals surface area contributed by atoms with Crippen LogP contribution >= 0.6 is 0 Å². The zero-order valence-electron chi connectivity index (χ0n) is 10.6. The molecule has 18 heavy (non-hydrogen) atoms. The number of H-pyrrole nitrogens is 1. The fourth-order valence-electron chi connectivity index (χ4n) is 2.14. The van der Waals surface area contributed by atoms with E-state index in [4.69, 9.17) is 0 Å². The highest BCUT2D eigenvalue weighted by atomic mass is 16.2. The van der Waals surface area contributed by atoms with E-state index in [2.05, 4.69) is 10.3 Å². The van der Waals surface area contributed by atoms with Gasteiger partial charge in [-0.05, 0) is 26.6 Å². The second-order valence-corrected chi connectivity index (χ2v) is 4.69. The van der Waals surface area contributed by atoms with Crippen molar-refractivity contribution in [2.75, 3.05) is 20.6 Å². The van der Waals surface area contributed by atoms with Crippen LogP contribution in [0.5, 0.6) is 0 Å². The molecule has 1 aromatic heterocycles. The number of amides is 2. The molecular formula is C12H15N3O3. The van der Waals surface area contributed by atoms with Crippen molar-refractivity contribution < 1.29 is 14.4 Å². The Labute approximate surface area is 104 Å². The van der Waals surface area contributed by atoms with Gasteiger partial charge in [-0.3, -0.25) is 19.7 Å². The summed E-state index contributed by atoms with van der Waals surface area (Å²) in [4.78, 5) is 39.6. The largest absolute Gasteiger partial charge is 0.355 e. The van der Waals surface area contributed by atoms with E-state index in [1.807, 2.05) is 0 Å². The third-order valence-corrected chi connectivity index (χ3v) is 2.88. The first-order chi connectivity index (χ1) is 8.40. The highest BCUT2D eigenvalue weighted by molar-refractivity contribution is 6.12. The lowest BCUT2D eigenvalue weighted by Gasteiger charge is -2.11. The molecule has 2 N–H and O–H groups in total. The quantitative estimate of drug-likeness (QED) is 0.578. The van der Waals surface area contributed by atoms with E-state index in [1.165, 1.54) is 0 Å². The Hall–Kier alpha value is -1.95. The fourth-order valence-corrected chi connectivity index (χ4v) is 2.14. The minimum atomic E-state index is -0.432. The molecule has 96 valence electrons. The molecule has 1 aliphatic rings. The Kier molecular flexibility index (Phi) is 3.04. The molecule has 1 aromatic rings. The minimum Gasteiger partial charge on any atom is -0.355 e. The first kappa shape index (κ1) is 12.5. The number of aromatic nitrogens is 1. The maximum Gasteiger partial charge on any atom is 0.259 e. The molecule has 0 fully saturated rings. The van der Waals surface area contributed by atoms with Gasteiger partial charge in [0.1, 0.15) is 0 Å². The van der Waals surface area contributed by atoms with Gasteiger partial charge in [-0.15, -0.1) is 0 Å². The summed E-state index contributed by atoms with van der Waals surface area (Å²) in [5.41, 5.74) is 1.99. The number of likely N-dealkylation sites (N-methyl/N-ethyl adjacent to an activating group) is 1. The minimum absolute atomic E-state index is 0.0906. The average molecular weight is 249 g/mol. The van der Waals surface area contributed by atoms with Crippen molar-refractivity contribution in [3.63, 3.8) is 0 Å². The van der Waals surface area contributed by atoms with Crippen LogP contribution in [0.25, 0.3) is 0 Å². The predicted molar refractivity (Wildman–Crippen MR) is 64.6 cm³/mol. The van der Waals surface area contributed by atoms with Crippen molar-refractivity contribution in [3.05, 3.63) is 22.5 Å². The molecule has 2 amide bonds. The van der Waals surface area contributed by atoms with Gasteiger partial charge >= 0.3 is 0 Å². The molecule has 0 atom stereocenters. The van der Waals surface area contributed by atoms with Gasteiger partial charge < -0.3 is 9.88 Å². The van der Waals surface area contributed by atoms with Gasteiger partial charge in [0.2, 0.25) is 5.91 Å². The van der Waals surface area contributed by atoms with Crippen LogP contribution < -0.4 is 5.32 Å². The number of ketones is 1. The molecule has 0 saturated carbocycles. The second-order valence-electron chi connectivity index (χ2n) is 4.69. The van der Waals surface area contributed by atoms with Crippen LogP contribution in [0.3, 0.4) is 0 Å². The van der Waals surface area contributed by atoms with Gasteiger partial charge in [-0.1, -0.05) is 0 Å². The molecule has 0 radical (unpaired) electrons. The number of carbonyl (C=O) groups is 3. The predicted octanol–water partition coefficient (Wildman–Crippen LogP) is -0.120. The summed E-state index contributed by atoms with van der Waals surface area (Å²) in [6, 6.07) is 0. The number of fused-ring (bicyclic) bond motifs is 1. The zero-order valence-corrected chi connectivity index (χ0v) is 10.6. The zero-order chi connectivity index (χ0) is 13.4. The lowest BCUT2D eigenvalue weighted by molar-refractivity contribution is -0.119. The lowest BCUT2D eigenvalue weighted by atomic mass is 10.0. The van der Waals surface area contributed by atoms with Crippen molar-refractivity contribution in [1.82, 2.24) is 15.2 Å². The summed E-state index contributed by atoms with van der Waals surface area (Å²) >= 11 is 0. The molecule has 0 bridgehead atoms. The summed E-state index contributed by atoms with van der Waals surface area (Å²) in [5.74, 6) is -0.869. The standard InChI is InChI=1S/C12H15N3O3/c1-6-10-7(4-9(17)14-12(10)18)13-11(6)8(16)5-15(2)3/h13H,4-5H2,1-3H3,(H,14,17,18). The van der Waals surface area contributed by atoms with Crippen molar-refractivity contribution in [2.45, 2.75) is 13.3 Å². The topological polar surface area (TPSA) is 82.3 Å². The second kappa shape index (κ2) is 4.38. The van der Waals surface area contributed by atoms with E-state index in [-0.39, 0.29) is 24.7 Å². The molecule has 0 unspecified atom stereocenters. The van der Waals surface area contributed by atoms with E-state index < -0.39 is 5.91 Å². The third-order valence-electron chi connectivity index (χ3n) is 2.88. The Morgan fingerprint density at radius 3 is 2.61 bits per heavy atom. The van der Waals surface area contributed by atoms with E-state index in [0.717, 1.165) is 0 Å². The molecule has 0 spiro atoms. The Balaban J connectivity index is 2.41. The Bertz CT molecular complexity index is 543. The van der Waals surface area contributed by atoms with Crippen LogP contribution in [-0.4, -0.2) is 48.1 Å². The lowest BCUT2D eigenvalue weighted by Crippen LogP contribution is -2.37. The molecule has 0 aromatic carbocycles. The van der Waals surface area contributed by atoms with Crippen molar-refractivity contribution >= 4 is 17.6 Å². The Morgan fingerprint density at radius 1 is 1.33 bits per heavy atom. The maximum atomic E-state index is 12.0. The average Bonchev–Trinajstić information content (AvgIpc) is 2.54. The number of nitrogens with one attached hydrogen (secondary N) is 2. The van der Waals surface area contributed by atoms with E-state index in [9.17, 15) is 14.4 Å². The van der Waals surface area contributed by atoms with Crippen LogP contribution in [0.2, 0.25) is 0 Å². The smallest absolute Gasteiger partial charge is 0.259 e. The SMILES string of the molecule is Cc1c(C(=O)CN(C)C)[nH]c2c1C(=O)NC(=O)C2. The molecule has 0 saturated heterocycles. The van der Waals surface area contributed by atoms with Gasteiger partial charge in [0.15, 0.2) is 5.78 Å². The Morgan fingerprint density at radius 2 is 2.00 bits per heavy atom. The summed E-state index contributed by atoms with van der Waals surface area (Å²) in [5, 5.41) is 2.25. The van der Waals surface area contributed by atoms with E-state index in [1.54, 1.807) is 25.9 Å². The summed E-state index contributed by atoms with van der Waals surface area (Å²) in [6.07, 6.45) is 0.108. The third kappa shape index (κ3) is 2.06. The van der Waals surface area contributed by atoms with Crippen LogP contribution in [0.1, 0.15) is 32.1 Å². The van der Waals surface area contributed by atoms with Gasteiger partial charge in [0.25, 0.3) is 5.91 Å². The maximum absolute atomic E-state index is 12.0. The van der Waals surface area contributed by atoms with Gasteiger partial charge in [0, 0.05) is 5.69 Å². The summed E-state index contributed by atoms with van der Waals surface area (Å²) < 4.78 is 0. The number of hydrogen-bond acceptors (Lipinski definition) is 4. The molecule has 2 rings (SSSR count). The summed E-state index contributed by atoms with van der Waals surface area (Å²) in [6.45, 7) is 1.98. The van der Waals surface area contributed by atoms with Crippen molar-refractivity contribution in [3.8, 4) is 0 Å². The van der Waals surface area contributed by atoms with Crippen molar-refractivity contribution in [2.24, 2.45) is 0 Å². The van der Waals surface area contributed by atoms with Crippen LogP contribution in [0, 0.1) is 6.92 Å². The monoisotopic (exact) mass is 249 g/mol. The van der Waals surface area contributed by atoms with Crippen LogP contribution in [0.4, 0.5) is 0 Å². The first-order valence-corrected chi connectivity index (χ1v) is 5.63. The number of carbonyl (C=O) groups excluding carboxylic acids is 3. The molecular weight excluding hydrogens is 234 g/mol. The van der Waals surface area contributed by atoms with Crippen molar-refractivity contribution in [1.29, 1.82) is 0 Å². The number of aromatic amines is 1. The number of imide groups is 1. The fraction of sp³-hybridized carbons (Fsp3) is 0.417. The van der Waals surface area contributed by atoms with Gasteiger partial charge in [0.05, 0.1) is 24.2 Å². The molecule has 6 nitrogen and oxygen atoms in total. The number of Topliss-reactive ketones (excluding diaryl/α,β-unsaturated/α-hetero) is 1. The van der Waals surface area contributed by atoms with Crippen LogP contribution in [0.15, 0.2) is 0 Å². The number of rotatable bonds is 3. The number of nitrogens with zero attached hydrogens (tertiary/aromatic N) is 1. The van der Waals surface area contributed by atoms with Gasteiger partial charge in [-0.2, -0.15) is 0 Å². The molecule has 2 heterocycles. The number of hydrogen-bond donors (Lipinski definition) is 2.